The normalized spacial score (nSPS) is 13.5. The molecule has 1 heterocycles. The average molecular weight is 268 g/mol. The first-order valence-corrected chi connectivity index (χ1v) is 6.61. The molecule has 0 unspecified atom stereocenters. The molecule has 1 aliphatic rings. The Morgan fingerprint density at radius 3 is 2.90 bits per heavy atom. The van der Waals surface area contributed by atoms with Crippen LogP contribution >= 0.6 is 0 Å². The molecular weight excluding hydrogens is 252 g/mol. The van der Waals surface area contributed by atoms with E-state index in [0.29, 0.717) is 13.0 Å². The average Bonchev–Trinajstić information content (AvgIpc) is 2.45. The highest BCUT2D eigenvalue weighted by Gasteiger charge is 2.14. The van der Waals surface area contributed by atoms with Gasteiger partial charge in [0.2, 0.25) is 5.91 Å². The minimum Gasteiger partial charge on any atom is -0.489 e. The lowest BCUT2D eigenvalue weighted by Gasteiger charge is -2.17. The zero-order valence-corrected chi connectivity index (χ0v) is 11.1. The van der Waals surface area contributed by atoms with Crippen molar-refractivity contribution in [1.82, 2.24) is 0 Å². The van der Waals surface area contributed by atoms with E-state index in [-0.39, 0.29) is 5.91 Å². The van der Waals surface area contributed by atoms with Crippen molar-refractivity contribution in [3.05, 3.63) is 53.6 Å². The highest BCUT2D eigenvalue weighted by atomic mass is 16.5. The molecule has 3 N–H and O–H groups in total. The number of benzene rings is 2. The predicted octanol–water partition coefficient (Wildman–Crippen LogP) is 2.73. The summed E-state index contributed by atoms with van der Waals surface area (Å²) in [4.78, 5) is 11.3. The van der Waals surface area contributed by atoms with Crippen LogP contribution in [-0.2, 0) is 17.8 Å². The minimum absolute atomic E-state index is 0.0749. The van der Waals surface area contributed by atoms with E-state index in [4.69, 9.17) is 10.5 Å². The van der Waals surface area contributed by atoms with Gasteiger partial charge in [-0.25, -0.2) is 0 Å². The molecule has 0 saturated carbocycles. The van der Waals surface area contributed by atoms with E-state index < -0.39 is 0 Å². The molecule has 1 aliphatic heterocycles. The lowest BCUT2D eigenvalue weighted by Crippen LogP contribution is -2.18. The third kappa shape index (κ3) is 2.74. The summed E-state index contributed by atoms with van der Waals surface area (Å²) in [7, 11) is 0. The zero-order chi connectivity index (χ0) is 13.9. The van der Waals surface area contributed by atoms with Crippen molar-refractivity contribution < 1.29 is 9.53 Å². The molecule has 2 aromatic carbocycles. The number of carbonyl (C=O) groups excluding carboxylic acids is 1. The molecule has 102 valence electrons. The molecule has 0 aromatic heterocycles. The Bertz CT molecular complexity index is 653. The fourth-order valence-corrected chi connectivity index (χ4v) is 2.30. The number of amides is 1. The van der Waals surface area contributed by atoms with Gasteiger partial charge in [-0.05, 0) is 47.9 Å². The van der Waals surface area contributed by atoms with Gasteiger partial charge in [-0.1, -0.05) is 12.1 Å². The van der Waals surface area contributed by atoms with Gasteiger partial charge in [0, 0.05) is 17.8 Å². The first kappa shape index (κ1) is 12.5. The molecule has 1 amide bonds. The summed E-state index contributed by atoms with van der Waals surface area (Å²) in [5.41, 5.74) is 9.52. The quantitative estimate of drug-likeness (QED) is 0.841. The molecule has 0 aliphatic carbocycles. The van der Waals surface area contributed by atoms with Crippen LogP contribution < -0.4 is 15.8 Å². The second-order valence-corrected chi connectivity index (χ2v) is 4.90. The van der Waals surface area contributed by atoms with Crippen LogP contribution in [0.4, 0.5) is 11.4 Å². The molecule has 0 spiro atoms. The number of anilines is 2. The van der Waals surface area contributed by atoms with Crippen molar-refractivity contribution in [3.8, 4) is 5.75 Å². The van der Waals surface area contributed by atoms with Crippen LogP contribution in [0, 0.1) is 0 Å². The van der Waals surface area contributed by atoms with Crippen molar-refractivity contribution >= 4 is 17.3 Å². The van der Waals surface area contributed by atoms with Gasteiger partial charge in [-0.15, -0.1) is 0 Å². The molecular formula is C16H16N2O2. The van der Waals surface area contributed by atoms with Gasteiger partial charge in [0.25, 0.3) is 0 Å². The van der Waals surface area contributed by atoms with E-state index in [2.05, 4.69) is 5.32 Å². The summed E-state index contributed by atoms with van der Waals surface area (Å²) in [6.45, 7) is 0.482. The number of nitrogens with two attached hydrogens (primary N) is 1. The van der Waals surface area contributed by atoms with Gasteiger partial charge in [-0.2, -0.15) is 0 Å². The van der Waals surface area contributed by atoms with E-state index in [1.54, 1.807) is 0 Å². The maximum absolute atomic E-state index is 11.3. The molecule has 2 aromatic rings. The van der Waals surface area contributed by atoms with E-state index >= 15 is 0 Å². The summed E-state index contributed by atoms with van der Waals surface area (Å²) in [6.07, 6.45) is 1.29. The third-order valence-corrected chi connectivity index (χ3v) is 3.33. The second-order valence-electron chi connectivity index (χ2n) is 4.90. The van der Waals surface area contributed by atoms with Crippen molar-refractivity contribution in [2.75, 3.05) is 11.1 Å². The molecule has 0 fully saturated rings. The highest BCUT2D eigenvalue weighted by molar-refractivity contribution is 5.93. The number of ether oxygens (including phenoxy) is 1. The molecule has 0 radical (unpaired) electrons. The van der Waals surface area contributed by atoms with Crippen LogP contribution in [0.2, 0.25) is 0 Å². The first-order chi connectivity index (χ1) is 9.70. The molecule has 3 rings (SSSR count). The number of nitrogens with one attached hydrogen (secondary N) is 1. The predicted molar refractivity (Wildman–Crippen MR) is 78.6 cm³/mol. The summed E-state index contributed by atoms with van der Waals surface area (Å²) in [5.74, 6) is 0.883. The SMILES string of the molecule is Nc1cccc(COc2ccc3c(c2)CCC(=O)N3)c1. The van der Waals surface area contributed by atoms with Gasteiger partial charge in [0.15, 0.2) is 0 Å². The molecule has 0 saturated heterocycles. The number of nitrogen functional groups attached to an aromatic ring is 1. The molecule has 4 heteroatoms. The topological polar surface area (TPSA) is 64.3 Å². The Morgan fingerprint density at radius 2 is 2.05 bits per heavy atom. The van der Waals surface area contributed by atoms with Crippen LogP contribution in [0.25, 0.3) is 0 Å². The Kier molecular flexibility index (Phi) is 3.29. The molecule has 0 atom stereocenters. The second kappa shape index (κ2) is 5.25. The van der Waals surface area contributed by atoms with Crippen LogP contribution in [0.3, 0.4) is 0 Å². The van der Waals surface area contributed by atoms with Crippen molar-refractivity contribution in [1.29, 1.82) is 0 Å². The van der Waals surface area contributed by atoms with Crippen LogP contribution in [0.15, 0.2) is 42.5 Å². The van der Waals surface area contributed by atoms with Gasteiger partial charge in [0.1, 0.15) is 12.4 Å². The third-order valence-electron chi connectivity index (χ3n) is 3.33. The maximum atomic E-state index is 11.3. The van der Waals surface area contributed by atoms with Crippen LogP contribution in [0.5, 0.6) is 5.75 Å². The number of rotatable bonds is 3. The fraction of sp³-hybridized carbons (Fsp3) is 0.188. The standard InChI is InChI=1S/C16H16N2O2/c17-13-3-1-2-11(8-13)10-20-14-5-6-15-12(9-14)4-7-16(19)18-15/h1-3,5-6,8-9H,4,7,10,17H2,(H,18,19). The van der Waals surface area contributed by atoms with Crippen LogP contribution in [-0.4, -0.2) is 5.91 Å². The zero-order valence-electron chi connectivity index (χ0n) is 11.1. The van der Waals surface area contributed by atoms with E-state index in [9.17, 15) is 4.79 Å². The number of fused-ring (bicyclic) bond motifs is 1. The Balaban J connectivity index is 1.71. The summed E-state index contributed by atoms with van der Waals surface area (Å²) >= 11 is 0. The molecule has 4 nitrogen and oxygen atoms in total. The van der Waals surface area contributed by atoms with Gasteiger partial charge in [0.05, 0.1) is 0 Å². The maximum Gasteiger partial charge on any atom is 0.224 e. The highest BCUT2D eigenvalue weighted by Crippen LogP contribution is 2.27. The Morgan fingerprint density at radius 1 is 1.15 bits per heavy atom. The number of carbonyl (C=O) groups is 1. The number of hydrogen-bond donors (Lipinski definition) is 2. The largest absolute Gasteiger partial charge is 0.489 e. The summed E-state index contributed by atoms with van der Waals surface area (Å²) in [6, 6.07) is 13.4. The monoisotopic (exact) mass is 268 g/mol. The van der Waals surface area contributed by atoms with Gasteiger partial charge < -0.3 is 15.8 Å². The molecule has 20 heavy (non-hydrogen) atoms. The van der Waals surface area contributed by atoms with E-state index in [1.165, 1.54) is 0 Å². The molecule has 0 bridgehead atoms. The van der Waals surface area contributed by atoms with Crippen molar-refractivity contribution in [3.63, 3.8) is 0 Å². The van der Waals surface area contributed by atoms with Crippen LogP contribution in [0.1, 0.15) is 17.5 Å². The lowest BCUT2D eigenvalue weighted by molar-refractivity contribution is -0.116. The lowest BCUT2D eigenvalue weighted by atomic mass is 10.0. The Labute approximate surface area is 117 Å². The number of hydrogen-bond acceptors (Lipinski definition) is 3. The summed E-state index contributed by atoms with van der Waals surface area (Å²) in [5, 5.41) is 2.86. The van der Waals surface area contributed by atoms with Crippen molar-refractivity contribution in [2.24, 2.45) is 0 Å². The first-order valence-electron chi connectivity index (χ1n) is 6.61. The van der Waals surface area contributed by atoms with E-state index in [1.807, 2.05) is 42.5 Å². The van der Waals surface area contributed by atoms with Gasteiger partial charge in [-0.3, -0.25) is 4.79 Å². The number of aryl methyl sites for hydroxylation is 1. The van der Waals surface area contributed by atoms with E-state index in [0.717, 1.165) is 34.7 Å². The van der Waals surface area contributed by atoms with Gasteiger partial charge >= 0.3 is 0 Å². The van der Waals surface area contributed by atoms with Crippen molar-refractivity contribution in [2.45, 2.75) is 19.4 Å². The fourth-order valence-electron chi connectivity index (χ4n) is 2.30. The Hall–Kier alpha value is -2.49. The summed E-state index contributed by atoms with van der Waals surface area (Å²) < 4.78 is 5.77. The smallest absolute Gasteiger partial charge is 0.224 e. The minimum atomic E-state index is 0.0749.